The molecule has 3 heterocycles. The van der Waals surface area contributed by atoms with Gasteiger partial charge in [0.2, 0.25) is 12.0 Å². The van der Waals surface area contributed by atoms with Crippen molar-refractivity contribution in [3.63, 3.8) is 0 Å². The number of aliphatic hydroxyl groups excluding tert-OH is 6. The maximum Gasteiger partial charge on any atom is 0.402 e. The first-order chi connectivity index (χ1) is 20.0. The molecule has 0 bridgehead atoms. The molecule has 1 aromatic heterocycles. The average Bonchev–Trinajstić information content (AvgIpc) is 2.97. The molecule has 0 spiro atoms. The molecule has 228 valence electrons. The number of fused-ring (bicyclic) bond motifs is 1. The Labute approximate surface area is 237 Å². The predicted octanol–water partition coefficient (Wildman–Crippen LogP) is -0.852. The monoisotopic (exact) mass is 595 g/mol. The van der Waals surface area contributed by atoms with Crippen molar-refractivity contribution in [2.75, 3.05) is 20.3 Å². The Morgan fingerprint density at radius 2 is 1.60 bits per heavy atom. The van der Waals surface area contributed by atoms with Gasteiger partial charge in [0.25, 0.3) is 0 Å². The molecule has 3 aromatic rings. The lowest BCUT2D eigenvalue weighted by atomic mass is 9.98. The molecule has 9 N–H and O–H groups in total. The second kappa shape index (κ2) is 12.0. The van der Waals surface area contributed by atoms with Crippen molar-refractivity contribution in [1.82, 2.24) is 0 Å². The van der Waals surface area contributed by atoms with Crippen LogP contribution < -0.4 is 9.47 Å². The first kappa shape index (κ1) is 30.0. The van der Waals surface area contributed by atoms with E-state index >= 15 is 0 Å². The zero-order chi connectivity index (χ0) is 30.3. The van der Waals surface area contributed by atoms with Crippen LogP contribution in [0, 0.1) is 0 Å². The summed E-state index contributed by atoms with van der Waals surface area (Å²) in [5, 5.41) is 92.2. The fourth-order valence-electron chi connectivity index (χ4n) is 4.79. The number of hydrogen-bond acceptors (Lipinski definition) is 14. The summed E-state index contributed by atoms with van der Waals surface area (Å²) in [6.45, 7) is -1.13. The van der Waals surface area contributed by atoms with Crippen LogP contribution in [0.15, 0.2) is 40.8 Å². The lowest BCUT2D eigenvalue weighted by Gasteiger charge is -2.44. The normalized spacial score (nSPS) is 31.6. The van der Waals surface area contributed by atoms with Crippen LogP contribution in [0.1, 0.15) is 0 Å². The summed E-state index contributed by atoms with van der Waals surface area (Å²) >= 11 is 0. The average molecular weight is 596 g/mol. The van der Waals surface area contributed by atoms with Crippen molar-refractivity contribution in [1.29, 1.82) is 0 Å². The molecule has 0 radical (unpaired) electrons. The molecule has 2 aliphatic rings. The van der Waals surface area contributed by atoms with E-state index in [1.807, 2.05) is 0 Å². The van der Waals surface area contributed by atoms with E-state index in [2.05, 4.69) is 0 Å². The highest BCUT2D eigenvalue weighted by Gasteiger charge is 2.50. The summed E-state index contributed by atoms with van der Waals surface area (Å²) in [5.41, 5.74) is 0.353. The zero-order valence-corrected chi connectivity index (χ0v) is 22.0. The van der Waals surface area contributed by atoms with Crippen LogP contribution in [0.25, 0.3) is 22.3 Å². The van der Waals surface area contributed by atoms with Crippen molar-refractivity contribution in [2.24, 2.45) is 0 Å². The molecular formula is C27H31O15+. The van der Waals surface area contributed by atoms with Gasteiger partial charge in [-0.3, -0.25) is 0 Å². The van der Waals surface area contributed by atoms with E-state index in [-0.39, 0.29) is 52.1 Å². The Hall–Kier alpha value is -3.51. The molecule has 0 saturated carbocycles. The van der Waals surface area contributed by atoms with Gasteiger partial charge in [0.05, 0.1) is 32.0 Å². The number of phenolic OH excluding ortho intramolecular Hbond substituents is 3. The molecular weight excluding hydrogens is 564 g/mol. The Morgan fingerprint density at radius 1 is 0.857 bits per heavy atom. The van der Waals surface area contributed by atoms with E-state index in [0.29, 0.717) is 5.56 Å². The maximum atomic E-state index is 10.9. The third-order valence-electron chi connectivity index (χ3n) is 7.07. The van der Waals surface area contributed by atoms with Crippen molar-refractivity contribution >= 4 is 11.0 Å². The van der Waals surface area contributed by atoms with Crippen molar-refractivity contribution in [3.8, 4) is 40.1 Å². The highest BCUT2D eigenvalue weighted by atomic mass is 16.7. The number of aromatic hydroxyl groups is 3. The van der Waals surface area contributed by atoms with E-state index < -0.39 is 61.9 Å². The van der Waals surface area contributed by atoms with Crippen LogP contribution in [0.4, 0.5) is 0 Å². The van der Waals surface area contributed by atoms with Crippen LogP contribution in [0.2, 0.25) is 0 Å². The van der Waals surface area contributed by atoms with Gasteiger partial charge in [-0.15, -0.1) is 0 Å². The number of ether oxygens (including phenoxy) is 5. The molecule has 2 fully saturated rings. The highest BCUT2D eigenvalue weighted by Crippen LogP contribution is 2.42. The van der Waals surface area contributed by atoms with Gasteiger partial charge in [0.15, 0.2) is 17.8 Å². The highest BCUT2D eigenvalue weighted by molar-refractivity contribution is 5.88. The third kappa shape index (κ3) is 5.61. The molecule has 15 nitrogen and oxygen atoms in total. The Balaban J connectivity index is 1.47. The van der Waals surface area contributed by atoms with Crippen molar-refractivity contribution < 1.29 is 74.1 Å². The minimum Gasteiger partial charge on any atom is -0.507 e. The fraction of sp³-hybridized carbons (Fsp3) is 0.444. The van der Waals surface area contributed by atoms with Crippen LogP contribution in [-0.2, 0) is 14.2 Å². The lowest BCUT2D eigenvalue weighted by molar-refractivity contribution is -0.339. The summed E-state index contributed by atoms with van der Waals surface area (Å²) in [7, 11) is 1.34. The van der Waals surface area contributed by atoms with Gasteiger partial charge in [-0.1, -0.05) is 0 Å². The van der Waals surface area contributed by atoms with Gasteiger partial charge < -0.3 is 69.6 Å². The molecule has 9 atom stereocenters. The summed E-state index contributed by atoms with van der Waals surface area (Å²) in [6, 6.07) is 7.87. The Kier molecular flexibility index (Phi) is 8.56. The van der Waals surface area contributed by atoms with E-state index in [1.54, 1.807) is 0 Å². The molecule has 0 amide bonds. The molecule has 2 aliphatic heterocycles. The third-order valence-corrected chi connectivity index (χ3v) is 7.07. The van der Waals surface area contributed by atoms with Gasteiger partial charge in [-0.25, -0.2) is 4.42 Å². The van der Waals surface area contributed by atoms with E-state index in [9.17, 15) is 46.0 Å². The molecule has 42 heavy (non-hydrogen) atoms. The van der Waals surface area contributed by atoms with Gasteiger partial charge in [-0.05, 0) is 12.1 Å². The number of methoxy groups -OCH3 is 1. The minimum atomic E-state index is -1.82. The topological polar surface area (TPSA) is 240 Å². The molecule has 0 aliphatic carbocycles. The second-order valence-electron chi connectivity index (χ2n) is 9.88. The summed E-state index contributed by atoms with van der Waals surface area (Å²) < 4.78 is 33.5. The number of aliphatic hydroxyl groups is 6. The van der Waals surface area contributed by atoms with Crippen molar-refractivity contribution in [2.45, 2.75) is 55.3 Å². The van der Waals surface area contributed by atoms with Crippen LogP contribution in [-0.4, -0.2) is 122 Å². The van der Waals surface area contributed by atoms with Crippen LogP contribution in [0.3, 0.4) is 0 Å². The molecule has 15 heteroatoms. The van der Waals surface area contributed by atoms with E-state index in [1.165, 1.54) is 37.4 Å². The van der Waals surface area contributed by atoms with Gasteiger partial charge in [0, 0.05) is 18.2 Å². The Morgan fingerprint density at radius 3 is 2.31 bits per heavy atom. The minimum absolute atomic E-state index is 0.0127. The van der Waals surface area contributed by atoms with E-state index in [0.717, 1.165) is 6.07 Å². The smallest absolute Gasteiger partial charge is 0.402 e. The lowest BCUT2D eigenvalue weighted by Crippen LogP contribution is -2.63. The fourth-order valence-corrected chi connectivity index (χ4v) is 4.79. The second-order valence-corrected chi connectivity index (χ2v) is 9.88. The maximum absolute atomic E-state index is 10.9. The largest absolute Gasteiger partial charge is 0.507 e. The molecule has 9 unspecified atom stereocenters. The first-order valence-corrected chi connectivity index (χ1v) is 12.8. The van der Waals surface area contributed by atoms with Gasteiger partial charge >= 0.3 is 11.3 Å². The summed E-state index contributed by atoms with van der Waals surface area (Å²) in [4.78, 5) is 0. The number of hydrogen-bond donors (Lipinski definition) is 9. The standard InChI is InChI=1S/C27H30O15/c1-37-17-4-10(2-3-13(17)30)24-18(7-12-14(31)5-11(29)6-16(12)39-24)40-27-23(36)21(34)25(19(8-28)41-27)42-26-22(35)20(33)15(32)9-38-26/h2-7,15,19-23,25-28,32-36H,8-9H2,1H3,(H2-,29,30,31)/p+1. The van der Waals surface area contributed by atoms with Gasteiger partial charge in [-0.2, -0.15) is 0 Å². The molecule has 2 saturated heterocycles. The first-order valence-electron chi connectivity index (χ1n) is 12.8. The molecule has 5 rings (SSSR count). The SMILES string of the molecule is COc1cc(-c2[o+]c3cc(O)cc(O)c3cc2OC2OC(CO)C(OC3OCC(O)C(O)C3O)C(O)C2O)ccc1O. The quantitative estimate of drug-likeness (QED) is 0.151. The van der Waals surface area contributed by atoms with Crippen LogP contribution in [0.5, 0.6) is 28.7 Å². The number of benzene rings is 2. The number of phenols is 3. The van der Waals surface area contributed by atoms with Crippen LogP contribution >= 0.6 is 0 Å². The molecule has 2 aromatic carbocycles. The number of rotatable bonds is 7. The van der Waals surface area contributed by atoms with Gasteiger partial charge in [0.1, 0.15) is 59.6 Å². The zero-order valence-electron chi connectivity index (χ0n) is 22.0. The summed E-state index contributed by atoms with van der Waals surface area (Å²) in [5.74, 6) is -0.861. The predicted molar refractivity (Wildman–Crippen MR) is 139 cm³/mol. The summed E-state index contributed by atoms with van der Waals surface area (Å²) in [6.07, 6.45) is -14.3. The Bertz CT molecular complexity index is 1410. The van der Waals surface area contributed by atoms with E-state index in [4.69, 9.17) is 28.1 Å². The van der Waals surface area contributed by atoms with Crippen molar-refractivity contribution in [3.05, 3.63) is 36.4 Å².